The lowest BCUT2D eigenvalue weighted by molar-refractivity contribution is 0.0527. The summed E-state index contributed by atoms with van der Waals surface area (Å²) in [4.78, 5) is 20.0. The van der Waals surface area contributed by atoms with Crippen LogP contribution in [0.2, 0.25) is 0 Å². The number of carbonyl (C=O) groups is 1. The van der Waals surface area contributed by atoms with Gasteiger partial charge in [0.2, 0.25) is 21.7 Å². The largest absolute Gasteiger partial charge is 0.471 e. The van der Waals surface area contributed by atoms with Gasteiger partial charge in [0.25, 0.3) is 5.89 Å². The topological polar surface area (TPSA) is 163 Å². The van der Waals surface area contributed by atoms with Crippen molar-refractivity contribution < 1.29 is 31.6 Å². The summed E-state index contributed by atoms with van der Waals surface area (Å²) in [5.41, 5.74) is 0.923. The minimum atomic E-state index is -3.84. The molecule has 0 radical (unpaired) electrons. The number of alkyl carbamates (subject to hydrolysis) is 1. The van der Waals surface area contributed by atoms with Crippen LogP contribution in [-0.2, 0) is 28.4 Å². The molecule has 0 aliphatic rings. The van der Waals surface area contributed by atoms with Crippen LogP contribution in [0, 0.1) is 5.82 Å². The maximum absolute atomic E-state index is 13.1. The summed E-state index contributed by atoms with van der Waals surface area (Å²) in [5, 5.41) is 10.8. The van der Waals surface area contributed by atoms with Gasteiger partial charge in [-0.15, -0.1) is 0 Å². The van der Waals surface area contributed by atoms with Crippen molar-refractivity contribution in [1.82, 2.24) is 34.9 Å². The molecule has 0 atom stereocenters. The van der Waals surface area contributed by atoms with Gasteiger partial charge in [-0.2, -0.15) is 10.1 Å². The summed E-state index contributed by atoms with van der Waals surface area (Å²) in [7, 11) is -2.13. The lowest BCUT2D eigenvalue weighted by Crippen LogP contribution is -2.34. The molecular formula is C26H30FN7O6S. The van der Waals surface area contributed by atoms with E-state index < -0.39 is 27.5 Å². The van der Waals surface area contributed by atoms with E-state index >= 15 is 0 Å². The van der Waals surface area contributed by atoms with Crippen molar-refractivity contribution in [2.45, 2.75) is 44.3 Å². The van der Waals surface area contributed by atoms with Gasteiger partial charge in [-0.1, -0.05) is 17.3 Å². The second-order valence-electron chi connectivity index (χ2n) is 9.86. The van der Waals surface area contributed by atoms with Gasteiger partial charge in [0, 0.05) is 31.8 Å². The second kappa shape index (κ2) is 12.4. The summed E-state index contributed by atoms with van der Waals surface area (Å²) >= 11 is 0. The Kier molecular flexibility index (Phi) is 8.98. The van der Waals surface area contributed by atoms with Crippen molar-refractivity contribution >= 4 is 16.1 Å². The van der Waals surface area contributed by atoms with Gasteiger partial charge in [-0.25, -0.2) is 27.3 Å². The fourth-order valence-corrected chi connectivity index (χ4v) is 4.66. The first kappa shape index (κ1) is 29.6. The van der Waals surface area contributed by atoms with Crippen molar-refractivity contribution in [3.63, 3.8) is 0 Å². The lowest BCUT2D eigenvalue weighted by Gasteiger charge is -2.19. The number of nitrogens with zero attached hydrogens (tertiary/aromatic N) is 5. The number of nitrogens with one attached hydrogen (secondary N) is 2. The van der Waals surface area contributed by atoms with E-state index in [4.69, 9.17) is 14.0 Å². The number of ether oxygens (including phenoxy) is 2. The predicted octanol–water partition coefficient (Wildman–Crippen LogP) is 3.44. The molecule has 0 aliphatic heterocycles. The van der Waals surface area contributed by atoms with Crippen molar-refractivity contribution in [3.05, 3.63) is 60.3 Å². The SMILES string of the molecule is Cn1ncc(-c2nc(-c3cccc(S(=O)(=O)NCCCNC(=O)OC(C)(C)C)c3)no2)c1COc1ccc(F)cn1. The van der Waals surface area contributed by atoms with Gasteiger partial charge < -0.3 is 19.3 Å². The van der Waals surface area contributed by atoms with Crippen LogP contribution >= 0.6 is 0 Å². The highest BCUT2D eigenvalue weighted by Gasteiger charge is 2.21. The van der Waals surface area contributed by atoms with E-state index in [0.29, 0.717) is 23.2 Å². The van der Waals surface area contributed by atoms with E-state index in [0.717, 1.165) is 6.20 Å². The Balaban J connectivity index is 1.39. The normalized spacial score (nSPS) is 11.8. The Morgan fingerprint density at radius 1 is 1.15 bits per heavy atom. The number of halogens is 1. The molecule has 3 aromatic heterocycles. The number of carbonyl (C=O) groups excluding carboxylic acids is 1. The van der Waals surface area contributed by atoms with Crippen LogP contribution < -0.4 is 14.8 Å². The molecule has 41 heavy (non-hydrogen) atoms. The Morgan fingerprint density at radius 2 is 1.95 bits per heavy atom. The highest BCUT2D eigenvalue weighted by molar-refractivity contribution is 7.89. The summed E-state index contributed by atoms with van der Waals surface area (Å²) < 4.78 is 59.1. The van der Waals surface area contributed by atoms with Gasteiger partial charge in [-0.05, 0) is 45.4 Å². The van der Waals surface area contributed by atoms with Crippen LogP contribution in [0.5, 0.6) is 5.88 Å². The molecule has 15 heteroatoms. The van der Waals surface area contributed by atoms with Gasteiger partial charge in [0.05, 0.1) is 28.5 Å². The molecule has 0 aliphatic carbocycles. The summed E-state index contributed by atoms with van der Waals surface area (Å²) in [6, 6.07) is 8.77. The highest BCUT2D eigenvalue weighted by Crippen LogP contribution is 2.27. The lowest BCUT2D eigenvalue weighted by atomic mass is 10.2. The van der Waals surface area contributed by atoms with E-state index in [2.05, 4.69) is 30.3 Å². The molecule has 2 N–H and O–H groups in total. The van der Waals surface area contributed by atoms with E-state index in [1.807, 2.05) is 0 Å². The van der Waals surface area contributed by atoms with Gasteiger partial charge in [0.1, 0.15) is 18.0 Å². The maximum Gasteiger partial charge on any atom is 0.407 e. The Labute approximate surface area is 236 Å². The van der Waals surface area contributed by atoms with E-state index in [9.17, 15) is 17.6 Å². The average Bonchev–Trinajstić information content (AvgIpc) is 3.54. The number of aromatic nitrogens is 5. The number of aryl methyl sites for hydroxylation is 1. The highest BCUT2D eigenvalue weighted by atomic mass is 32.2. The van der Waals surface area contributed by atoms with Gasteiger partial charge >= 0.3 is 6.09 Å². The Bertz CT molecular complexity index is 1600. The number of sulfonamides is 1. The van der Waals surface area contributed by atoms with Crippen LogP contribution in [0.4, 0.5) is 9.18 Å². The average molecular weight is 588 g/mol. The quantitative estimate of drug-likeness (QED) is 0.249. The van der Waals surface area contributed by atoms with Crippen LogP contribution in [-0.4, -0.2) is 58.1 Å². The van der Waals surface area contributed by atoms with Crippen LogP contribution in [0.25, 0.3) is 22.8 Å². The number of amides is 1. The van der Waals surface area contributed by atoms with Crippen molar-refractivity contribution in [2.24, 2.45) is 7.05 Å². The molecule has 4 rings (SSSR count). The fourth-order valence-electron chi connectivity index (χ4n) is 3.54. The molecular weight excluding hydrogens is 557 g/mol. The maximum atomic E-state index is 13.1. The molecule has 0 spiro atoms. The zero-order valence-corrected chi connectivity index (χ0v) is 23.7. The number of hydrogen-bond donors (Lipinski definition) is 2. The van der Waals surface area contributed by atoms with Crippen molar-refractivity contribution in [2.75, 3.05) is 13.1 Å². The number of pyridine rings is 1. The van der Waals surface area contributed by atoms with Gasteiger partial charge in [0.15, 0.2) is 0 Å². The first-order valence-electron chi connectivity index (χ1n) is 12.6. The smallest absolute Gasteiger partial charge is 0.407 e. The molecule has 1 amide bonds. The molecule has 0 unspecified atom stereocenters. The molecule has 3 heterocycles. The first-order chi connectivity index (χ1) is 19.4. The zero-order chi connectivity index (χ0) is 29.6. The Hall–Kier alpha value is -4.37. The number of hydrogen-bond acceptors (Lipinski definition) is 10. The van der Waals surface area contributed by atoms with Crippen molar-refractivity contribution in [1.29, 1.82) is 0 Å². The minimum absolute atomic E-state index is 0.0173. The third-order valence-electron chi connectivity index (χ3n) is 5.49. The summed E-state index contributed by atoms with van der Waals surface area (Å²) in [5.74, 6) is 0.0880. The molecule has 0 saturated heterocycles. The second-order valence-corrected chi connectivity index (χ2v) is 11.6. The van der Waals surface area contributed by atoms with Crippen LogP contribution in [0.3, 0.4) is 0 Å². The third-order valence-corrected chi connectivity index (χ3v) is 6.95. The standard InChI is InChI=1S/C26H30FN7O6S/c1-26(2,3)39-25(35)28-11-6-12-31-41(36,37)19-8-5-7-17(13-19)23-32-24(40-33-23)20-15-30-34(4)21(20)16-38-22-10-9-18(27)14-29-22/h5,7-10,13-15,31H,6,11-12,16H2,1-4H3,(H,28,35). The number of rotatable bonds is 11. The predicted molar refractivity (Wildman–Crippen MR) is 145 cm³/mol. The zero-order valence-electron chi connectivity index (χ0n) is 22.9. The minimum Gasteiger partial charge on any atom is -0.471 e. The monoisotopic (exact) mass is 587 g/mol. The van der Waals surface area contributed by atoms with Crippen LogP contribution in [0.15, 0.2) is 58.2 Å². The van der Waals surface area contributed by atoms with E-state index in [1.54, 1.807) is 44.6 Å². The summed E-state index contributed by atoms with van der Waals surface area (Å²) in [6.07, 6.45) is 2.39. The van der Waals surface area contributed by atoms with E-state index in [-0.39, 0.29) is 42.2 Å². The van der Waals surface area contributed by atoms with E-state index in [1.165, 1.54) is 30.5 Å². The van der Waals surface area contributed by atoms with Crippen molar-refractivity contribution in [3.8, 4) is 28.7 Å². The van der Waals surface area contributed by atoms with Crippen LogP contribution in [0.1, 0.15) is 32.9 Å². The fraction of sp³-hybridized carbons (Fsp3) is 0.346. The molecule has 0 saturated carbocycles. The molecule has 4 aromatic rings. The summed E-state index contributed by atoms with van der Waals surface area (Å²) in [6.45, 7) is 5.66. The van der Waals surface area contributed by atoms with Gasteiger partial charge in [-0.3, -0.25) is 4.68 Å². The molecule has 1 aromatic carbocycles. The molecule has 218 valence electrons. The first-order valence-corrected chi connectivity index (χ1v) is 14.1. The number of benzene rings is 1. The Morgan fingerprint density at radius 3 is 2.68 bits per heavy atom. The third kappa shape index (κ3) is 8.08. The molecule has 0 bridgehead atoms. The molecule has 0 fully saturated rings. The molecule has 13 nitrogen and oxygen atoms in total.